The predicted octanol–water partition coefficient (Wildman–Crippen LogP) is -0.660. The van der Waals surface area contributed by atoms with Crippen LogP contribution in [0.1, 0.15) is 41.6 Å². The minimum absolute atomic E-state index is 0.0310. The normalized spacial score (nSPS) is 26.1. The molecule has 0 aromatic heterocycles. The van der Waals surface area contributed by atoms with E-state index in [1.54, 1.807) is 6.07 Å². The van der Waals surface area contributed by atoms with E-state index in [0.717, 1.165) is 6.92 Å². The van der Waals surface area contributed by atoms with E-state index < -0.39 is 42.1 Å². The molecule has 1 amide bonds. The number of carboxylic acids is 2. The number of amides is 1. The average molecular weight is 421 g/mol. The molecule has 3 atom stereocenters. The standard InChI is InChI=1S/C18H22BN2O9/c1-18(20,17(25)26)16(24)21-6-8(7-21)29-12-5-3-10-9-2-4-11(9)19(27,28)30-14(10)13(12)15(22)23/h3,5,8-9,11,27-28H,2,4,6-7,20H2,1H3,(H,22,23)(H,25,26)/q-1/t9-,11-,18?/m1/s1. The van der Waals surface area contributed by atoms with Crippen molar-refractivity contribution in [2.75, 3.05) is 13.1 Å². The van der Waals surface area contributed by atoms with Crippen LogP contribution in [0.5, 0.6) is 11.5 Å². The smallest absolute Gasteiger partial charge is 0.434 e. The van der Waals surface area contributed by atoms with Crippen molar-refractivity contribution in [3.8, 4) is 11.5 Å². The zero-order chi connectivity index (χ0) is 22.0. The lowest BCUT2D eigenvalue weighted by molar-refractivity contribution is -0.157. The fourth-order valence-corrected chi connectivity index (χ4v) is 4.27. The Hall–Kier alpha value is -2.83. The summed E-state index contributed by atoms with van der Waals surface area (Å²) in [4.78, 5) is 36.4. The second kappa shape index (κ2) is 6.59. The summed E-state index contributed by atoms with van der Waals surface area (Å²) in [6, 6.07) is 3.15. The number of fused-ring (bicyclic) bond motifs is 3. The third-order valence-electron chi connectivity index (χ3n) is 6.26. The van der Waals surface area contributed by atoms with Crippen LogP contribution in [0.4, 0.5) is 0 Å². The minimum atomic E-state index is -3.18. The van der Waals surface area contributed by atoms with Gasteiger partial charge in [-0.15, -0.1) is 0 Å². The summed E-state index contributed by atoms with van der Waals surface area (Å²) in [5, 5.41) is 39.2. The number of benzene rings is 1. The Kier molecular flexibility index (Phi) is 4.49. The monoisotopic (exact) mass is 421 g/mol. The Labute approximate surface area is 171 Å². The highest BCUT2D eigenvalue weighted by molar-refractivity contribution is 6.61. The van der Waals surface area contributed by atoms with Crippen molar-refractivity contribution in [1.29, 1.82) is 0 Å². The van der Waals surface area contributed by atoms with E-state index in [4.69, 9.17) is 20.2 Å². The molecule has 1 saturated heterocycles. The summed E-state index contributed by atoms with van der Waals surface area (Å²) in [5.74, 6) is -4.37. The van der Waals surface area contributed by atoms with Gasteiger partial charge in [0.15, 0.2) is 5.54 Å². The summed E-state index contributed by atoms with van der Waals surface area (Å²) in [7, 11) is 0. The number of rotatable bonds is 5. The van der Waals surface area contributed by atoms with Gasteiger partial charge in [-0.25, -0.2) is 9.59 Å². The largest absolute Gasteiger partial charge is 0.669 e. The summed E-state index contributed by atoms with van der Waals surface area (Å²) in [6.45, 7) is -2.01. The van der Waals surface area contributed by atoms with E-state index >= 15 is 0 Å². The van der Waals surface area contributed by atoms with E-state index in [2.05, 4.69) is 0 Å². The van der Waals surface area contributed by atoms with Gasteiger partial charge in [0.25, 0.3) is 5.91 Å². The van der Waals surface area contributed by atoms with Crippen LogP contribution >= 0.6 is 0 Å². The number of aromatic carboxylic acids is 1. The van der Waals surface area contributed by atoms with Gasteiger partial charge in [0.1, 0.15) is 17.4 Å². The number of carbonyl (C=O) groups excluding carboxylic acids is 1. The fourth-order valence-electron chi connectivity index (χ4n) is 4.27. The Morgan fingerprint density at radius 2 is 1.90 bits per heavy atom. The number of ether oxygens (including phenoxy) is 1. The second-order valence-electron chi connectivity index (χ2n) is 8.35. The molecule has 12 heteroatoms. The Morgan fingerprint density at radius 3 is 2.43 bits per heavy atom. The molecule has 6 N–H and O–H groups in total. The quantitative estimate of drug-likeness (QED) is 0.303. The lowest BCUT2D eigenvalue weighted by atomic mass is 9.46. The highest BCUT2D eigenvalue weighted by Gasteiger charge is 2.51. The van der Waals surface area contributed by atoms with Gasteiger partial charge < -0.3 is 40.3 Å². The Bertz CT molecular complexity index is 942. The molecule has 0 spiro atoms. The molecule has 3 aliphatic rings. The van der Waals surface area contributed by atoms with E-state index in [1.807, 2.05) is 0 Å². The van der Waals surface area contributed by atoms with E-state index in [1.165, 1.54) is 11.0 Å². The molecule has 0 radical (unpaired) electrons. The summed E-state index contributed by atoms with van der Waals surface area (Å²) < 4.78 is 11.0. The number of nitrogens with two attached hydrogens (primary N) is 1. The van der Waals surface area contributed by atoms with Crippen LogP contribution < -0.4 is 15.1 Å². The van der Waals surface area contributed by atoms with Crippen molar-refractivity contribution in [1.82, 2.24) is 4.90 Å². The third-order valence-corrected chi connectivity index (χ3v) is 6.26. The molecule has 1 aromatic carbocycles. The molecule has 2 heterocycles. The van der Waals surface area contributed by atoms with Crippen LogP contribution in [-0.4, -0.2) is 74.5 Å². The van der Waals surface area contributed by atoms with Gasteiger partial charge in [-0.05, 0) is 24.5 Å². The third kappa shape index (κ3) is 2.99. The van der Waals surface area contributed by atoms with Crippen LogP contribution in [-0.2, 0) is 9.59 Å². The number of aliphatic carboxylic acids is 1. The van der Waals surface area contributed by atoms with Gasteiger partial charge >= 0.3 is 18.7 Å². The maximum Gasteiger partial charge on any atom is 0.434 e. The molecule has 162 valence electrons. The van der Waals surface area contributed by atoms with Gasteiger partial charge in [0.2, 0.25) is 0 Å². The van der Waals surface area contributed by atoms with Crippen LogP contribution in [0.3, 0.4) is 0 Å². The van der Waals surface area contributed by atoms with Crippen molar-refractivity contribution < 1.29 is 44.0 Å². The molecule has 1 aromatic rings. The number of carbonyl (C=O) groups is 3. The highest BCUT2D eigenvalue weighted by atomic mass is 16.6. The fraction of sp³-hybridized carbons (Fsp3) is 0.500. The van der Waals surface area contributed by atoms with Crippen LogP contribution in [0.15, 0.2) is 12.1 Å². The Balaban J connectivity index is 1.54. The molecule has 2 aliphatic heterocycles. The molecule has 2 fully saturated rings. The highest BCUT2D eigenvalue weighted by Crippen LogP contribution is 2.58. The molecular formula is C18H22BN2O9-. The minimum Gasteiger partial charge on any atom is -0.669 e. The van der Waals surface area contributed by atoms with Gasteiger partial charge in [-0.1, -0.05) is 24.7 Å². The summed E-state index contributed by atoms with van der Waals surface area (Å²) >= 11 is 0. The zero-order valence-corrected chi connectivity index (χ0v) is 16.1. The SMILES string of the molecule is CC(N)(C(=O)O)C(=O)N1CC(Oc2ccc3c(c2C(=O)O)O[B-](O)(O)[C@@H]2CC[C@H]32)C1. The number of nitrogens with zero attached hydrogens (tertiary/aromatic N) is 1. The lowest BCUT2D eigenvalue weighted by Crippen LogP contribution is -2.66. The van der Waals surface area contributed by atoms with Crippen LogP contribution in [0.2, 0.25) is 5.82 Å². The molecule has 1 saturated carbocycles. The lowest BCUT2D eigenvalue weighted by Gasteiger charge is -2.54. The number of hydrogen-bond acceptors (Lipinski definition) is 8. The zero-order valence-electron chi connectivity index (χ0n) is 16.1. The van der Waals surface area contributed by atoms with E-state index in [9.17, 15) is 29.5 Å². The van der Waals surface area contributed by atoms with Crippen LogP contribution in [0, 0.1) is 0 Å². The molecule has 30 heavy (non-hydrogen) atoms. The molecule has 0 bridgehead atoms. The van der Waals surface area contributed by atoms with Crippen molar-refractivity contribution in [3.63, 3.8) is 0 Å². The second-order valence-corrected chi connectivity index (χ2v) is 8.35. The van der Waals surface area contributed by atoms with E-state index in [-0.39, 0.29) is 36.1 Å². The molecule has 11 nitrogen and oxygen atoms in total. The first-order valence-electron chi connectivity index (χ1n) is 9.60. The topological polar surface area (TPSA) is 180 Å². The molecule has 1 aliphatic carbocycles. The van der Waals surface area contributed by atoms with Gasteiger partial charge in [-0.2, -0.15) is 0 Å². The summed E-state index contributed by atoms with van der Waals surface area (Å²) in [5.41, 5.74) is 3.76. The first-order valence-corrected chi connectivity index (χ1v) is 9.60. The van der Waals surface area contributed by atoms with Gasteiger partial charge in [0.05, 0.1) is 18.8 Å². The first kappa shape index (κ1) is 20.4. The average Bonchev–Trinajstić information content (AvgIpc) is 2.55. The number of carboxylic acid groups (broad SMARTS) is 2. The Morgan fingerprint density at radius 1 is 1.23 bits per heavy atom. The maximum atomic E-state index is 12.2. The molecule has 1 unspecified atom stereocenters. The van der Waals surface area contributed by atoms with Crippen molar-refractivity contribution in [2.45, 2.75) is 43.1 Å². The van der Waals surface area contributed by atoms with Crippen molar-refractivity contribution >= 4 is 24.6 Å². The van der Waals surface area contributed by atoms with Crippen molar-refractivity contribution in [3.05, 3.63) is 23.3 Å². The van der Waals surface area contributed by atoms with Gasteiger partial charge in [0, 0.05) is 0 Å². The number of hydrogen-bond donors (Lipinski definition) is 5. The van der Waals surface area contributed by atoms with Crippen molar-refractivity contribution in [2.24, 2.45) is 5.73 Å². The van der Waals surface area contributed by atoms with Gasteiger partial charge in [-0.3, -0.25) is 4.79 Å². The van der Waals surface area contributed by atoms with E-state index in [0.29, 0.717) is 18.4 Å². The summed E-state index contributed by atoms with van der Waals surface area (Å²) in [6.07, 6.45) is 0.708. The predicted molar refractivity (Wildman–Crippen MR) is 101 cm³/mol. The first-order chi connectivity index (χ1) is 13.9. The number of likely N-dealkylation sites (tertiary alicyclic amines) is 1. The molecule has 4 rings (SSSR count). The van der Waals surface area contributed by atoms with Crippen LogP contribution in [0.25, 0.3) is 0 Å². The maximum absolute atomic E-state index is 12.2. The molecular weight excluding hydrogens is 399 g/mol.